The van der Waals surface area contributed by atoms with Crippen molar-refractivity contribution in [3.8, 4) is 0 Å². The van der Waals surface area contributed by atoms with Crippen molar-refractivity contribution in [2.24, 2.45) is 11.1 Å². The zero-order valence-corrected chi connectivity index (χ0v) is 10.7. The molecule has 0 aromatic heterocycles. The molecule has 1 aromatic rings. The van der Waals surface area contributed by atoms with Crippen LogP contribution in [0.4, 0.5) is 0 Å². The van der Waals surface area contributed by atoms with Crippen molar-refractivity contribution in [2.45, 2.75) is 33.7 Å². The summed E-state index contributed by atoms with van der Waals surface area (Å²) in [5.74, 6) is 0. The van der Waals surface area contributed by atoms with E-state index in [1.54, 1.807) is 0 Å². The molecule has 2 heteroatoms. The van der Waals surface area contributed by atoms with Crippen molar-refractivity contribution >= 4 is 0 Å². The summed E-state index contributed by atoms with van der Waals surface area (Å²) in [5.41, 5.74) is 8.60. The lowest BCUT2D eigenvalue weighted by Crippen LogP contribution is -2.28. The number of aryl methyl sites for hydroxylation is 1. The fourth-order valence-electron chi connectivity index (χ4n) is 1.47. The molecule has 3 N–H and O–H groups in total. The van der Waals surface area contributed by atoms with E-state index >= 15 is 0 Å². The topological polar surface area (TPSA) is 38.0 Å². The van der Waals surface area contributed by atoms with Gasteiger partial charge >= 0.3 is 0 Å². The van der Waals surface area contributed by atoms with Crippen molar-refractivity contribution in [3.63, 3.8) is 0 Å². The van der Waals surface area contributed by atoms with E-state index in [4.69, 9.17) is 5.73 Å². The van der Waals surface area contributed by atoms with Gasteiger partial charge in [-0.25, -0.2) is 0 Å². The average Bonchev–Trinajstić information content (AvgIpc) is 2.27. The molecule has 0 aliphatic heterocycles. The highest BCUT2D eigenvalue weighted by atomic mass is 14.8. The summed E-state index contributed by atoms with van der Waals surface area (Å²) < 4.78 is 0. The molecule has 1 aromatic carbocycles. The van der Waals surface area contributed by atoms with E-state index in [9.17, 15) is 0 Å². The van der Waals surface area contributed by atoms with Gasteiger partial charge in [0.05, 0.1) is 0 Å². The second kappa shape index (κ2) is 6.02. The lowest BCUT2D eigenvalue weighted by atomic mass is 9.90. The minimum absolute atomic E-state index is 0.250. The third-order valence-electron chi connectivity index (χ3n) is 2.98. The highest BCUT2D eigenvalue weighted by Crippen LogP contribution is 2.16. The number of hydrogen-bond donors (Lipinski definition) is 2. The van der Waals surface area contributed by atoms with Gasteiger partial charge in [0, 0.05) is 6.54 Å². The SMILES string of the molecule is Cc1ccc(CNCCC(C)(C)CN)cc1. The maximum atomic E-state index is 5.69. The predicted molar refractivity (Wildman–Crippen MR) is 70.3 cm³/mol. The molecule has 0 atom stereocenters. The molecule has 1 rings (SSSR count). The Hall–Kier alpha value is -0.860. The van der Waals surface area contributed by atoms with E-state index in [0.717, 1.165) is 26.1 Å². The largest absolute Gasteiger partial charge is 0.330 e. The van der Waals surface area contributed by atoms with Gasteiger partial charge in [0.25, 0.3) is 0 Å². The van der Waals surface area contributed by atoms with Gasteiger partial charge in [-0.2, -0.15) is 0 Å². The van der Waals surface area contributed by atoms with Crippen LogP contribution in [0.25, 0.3) is 0 Å². The molecule has 0 amide bonds. The number of hydrogen-bond acceptors (Lipinski definition) is 2. The van der Waals surface area contributed by atoms with E-state index in [1.807, 2.05) is 0 Å². The molecule has 0 bridgehead atoms. The lowest BCUT2D eigenvalue weighted by Gasteiger charge is -2.22. The van der Waals surface area contributed by atoms with Crippen LogP contribution in [0, 0.1) is 12.3 Å². The molecule has 0 fully saturated rings. The Bertz CT molecular complexity index is 301. The fourth-order valence-corrected chi connectivity index (χ4v) is 1.47. The van der Waals surface area contributed by atoms with Crippen LogP contribution in [-0.4, -0.2) is 13.1 Å². The standard InChI is InChI=1S/C14H24N2/c1-12-4-6-13(7-5-12)10-16-9-8-14(2,3)11-15/h4-7,16H,8-11,15H2,1-3H3. The second-order valence-electron chi connectivity index (χ2n) is 5.28. The first-order valence-electron chi connectivity index (χ1n) is 6.00. The van der Waals surface area contributed by atoms with E-state index in [1.165, 1.54) is 11.1 Å². The van der Waals surface area contributed by atoms with Crippen molar-refractivity contribution in [2.75, 3.05) is 13.1 Å². The van der Waals surface area contributed by atoms with Gasteiger partial charge < -0.3 is 11.1 Å². The summed E-state index contributed by atoms with van der Waals surface area (Å²) in [6, 6.07) is 8.66. The van der Waals surface area contributed by atoms with Crippen LogP contribution in [0.2, 0.25) is 0 Å². The van der Waals surface area contributed by atoms with Crippen molar-refractivity contribution in [3.05, 3.63) is 35.4 Å². The molecule has 0 aliphatic rings. The van der Waals surface area contributed by atoms with Crippen molar-refractivity contribution in [1.29, 1.82) is 0 Å². The smallest absolute Gasteiger partial charge is 0.0205 e. The molecule has 0 heterocycles. The van der Waals surface area contributed by atoms with Crippen LogP contribution in [0.1, 0.15) is 31.4 Å². The zero-order valence-electron chi connectivity index (χ0n) is 10.7. The molecule has 0 unspecified atom stereocenters. The minimum atomic E-state index is 0.250. The van der Waals surface area contributed by atoms with Gasteiger partial charge in [0.15, 0.2) is 0 Å². The molecule has 0 saturated heterocycles. The number of nitrogens with two attached hydrogens (primary N) is 1. The Morgan fingerprint density at radius 3 is 2.38 bits per heavy atom. The molecule has 0 spiro atoms. The Morgan fingerprint density at radius 2 is 1.81 bits per heavy atom. The van der Waals surface area contributed by atoms with Gasteiger partial charge in [0.2, 0.25) is 0 Å². The highest BCUT2D eigenvalue weighted by Gasteiger charge is 2.13. The Morgan fingerprint density at radius 1 is 1.19 bits per heavy atom. The van der Waals surface area contributed by atoms with Gasteiger partial charge in [-0.05, 0) is 37.4 Å². The molecule has 2 nitrogen and oxygen atoms in total. The van der Waals surface area contributed by atoms with E-state index in [2.05, 4.69) is 50.4 Å². The van der Waals surface area contributed by atoms with Crippen LogP contribution in [0.15, 0.2) is 24.3 Å². The lowest BCUT2D eigenvalue weighted by molar-refractivity contribution is 0.339. The summed E-state index contributed by atoms with van der Waals surface area (Å²) >= 11 is 0. The molecule has 16 heavy (non-hydrogen) atoms. The van der Waals surface area contributed by atoms with E-state index in [-0.39, 0.29) is 5.41 Å². The monoisotopic (exact) mass is 220 g/mol. The first-order valence-corrected chi connectivity index (χ1v) is 6.00. The Labute approximate surface area is 99.2 Å². The number of benzene rings is 1. The van der Waals surface area contributed by atoms with Gasteiger partial charge in [-0.3, -0.25) is 0 Å². The number of nitrogens with one attached hydrogen (secondary N) is 1. The van der Waals surface area contributed by atoms with Crippen LogP contribution in [-0.2, 0) is 6.54 Å². The molecule has 90 valence electrons. The van der Waals surface area contributed by atoms with Gasteiger partial charge in [0.1, 0.15) is 0 Å². The van der Waals surface area contributed by atoms with Gasteiger partial charge in [-0.15, -0.1) is 0 Å². The summed E-state index contributed by atoms with van der Waals surface area (Å²) in [6.07, 6.45) is 1.12. The maximum absolute atomic E-state index is 5.69. The second-order valence-corrected chi connectivity index (χ2v) is 5.28. The van der Waals surface area contributed by atoms with Crippen LogP contribution < -0.4 is 11.1 Å². The first kappa shape index (κ1) is 13.2. The van der Waals surface area contributed by atoms with E-state index in [0.29, 0.717) is 0 Å². The summed E-state index contributed by atoms with van der Waals surface area (Å²) in [5, 5.41) is 3.46. The highest BCUT2D eigenvalue weighted by molar-refractivity contribution is 5.20. The summed E-state index contributed by atoms with van der Waals surface area (Å²) in [4.78, 5) is 0. The molecule has 0 aliphatic carbocycles. The van der Waals surface area contributed by atoms with E-state index < -0.39 is 0 Å². The number of rotatable bonds is 6. The Balaban J connectivity index is 2.23. The van der Waals surface area contributed by atoms with Crippen molar-refractivity contribution in [1.82, 2.24) is 5.32 Å². The Kier molecular flexibility index (Phi) is 4.97. The quantitative estimate of drug-likeness (QED) is 0.723. The maximum Gasteiger partial charge on any atom is 0.0205 e. The van der Waals surface area contributed by atoms with Crippen LogP contribution >= 0.6 is 0 Å². The molecular weight excluding hydrogens is 196 g/mol. The molecule has 0 saturated carbocycles. The van der Waals surface area contributed by atoms with Crippen LogP contribution in [0.3, 0.4) is 0 Å². The predicted octanol–water partition coefficient (Wildman–Crippen LogP) is 2.46. The van der Waals surface area contributed by atoms with Gasteiger partial charge in [-0.1, -0.05) is 43.7 Å². The normalized spacial score (nSPS) is 11.8. The first-order chi connectivity index (χ1) is 7.53. The fraction of sp³-hybridized carbons (Fsp3) is 0.571. The zero-order chi connectivity index (χ0) is 12.0. The van der Waals surface area contributed by atoms with Crippen molar-refractivity contribution < 1.29 is 0 Å². The minimum Gasteiger partial charge on any atom is -0.330 e. The molecule has 0 radical (unpaired) electrons. The third-order valence-corrected chi connectivity index (χ3v) is 2.98. The summed E-state index contributed by atoms with van der Waals surface area (Å²) in [7, 11) is 0. The van der Waals surface area contributed by atoms with Crippen LogP contribution in [0.5, 0.6) is 0 Å². The summed E-state index contributed by atoms with van der Waals surface area (Å²) in [6.45, 7) is 9.25. The average molecular weight is 220 g/mol. The third kappa shape index (κ3) is 4.77. The molecular formula is C14H24N2.